The molecule has 1 aliphatic rings. The highest BCUT2D eigenvalue weighted by Gasteiger charge is 2.25. The minimum absolute atomic E-state index is 0.535. The van der Waals surface area contributed by atoms with E-state index in [-0.39, 0.29) is 0 Å². The fourth-order valence-corrected chi connectivity index (χ4v) is 3.60. The van der Waals surface area contributed by atoms with Crippen LogP contribution in [0.15, 0.2) is 28.7 Å². The highest BCUT2D eigenvalue weighted by Crippen LogP contribution is 2.41. The quantitative estimate of drug-likeness (QED) is 0.602. The largest absolute Gasteiger partial charge is 0.0836 e. The molecule has 0 aromatic heterocycles. The summed E-state index contributed by atoms with van der Waals surface area (Å²) in [6, 6.07) is 8.72. The van der Waals surface area contributed by atoms with Crippen LogP contribution in [0.5, 0.6) is 0 Å². The van der Waals surface area contributed by atoms with Gasteiger partial charge in [-0.05, 0) is 42.4 Å². The second-order valence-electron chi connectivity index (χ2n) is 4.97. The van der Waals surface area contributed by atoms with Gasteiger partial charge in [0.1, 0.15) is 0 Å². The van der Waals surface area contributed by atoms with Crippen molar-refractivity contribution in [3.05, 3.63) is 34.3 Å². The predicted octanol–water partition coefficient (Wildman–Crippen LogP) is 5.71. The standard InChI is InChI=1S/C14H18Br2/c1-10-2-4-11(5-3-10)14(16)12-6-8-13(15)9-7-12/h6-11,14H,2-5H2,1H3. The van der Waals surface area contributed by atoms with E-state index in [1.165, 1.54) is 31.2 Å². The zero-order chi connectivity index (χ0) is 11.5. The van der Waals surface area contributed by atoms with Gasteiger partial charge in [0.05, 0.1) is 0 Å². The van der Waals surface area contributed by atoms with Crippen LogP contribution in [0.25, 0.3) is 0 Å². The third-order valence-corrected chi connectivity index (χ3v) is 5.47. The van der Waals surface area contributed by atoms with E-state index in [2.05, 4.69) is 63.0 Å². The smallest absolute Gasteiger partial charge is 0.0423 e. The Morgan fingerprint density at radius 3 is 2.19 bits per heavy atom. The van der Waals surface area contributed by atoms with Crippen molar-refractivity contribution in [2.24, 2.45) is 11.8 Å². The Kier molecular flexibility index (Phi) is 4.48. The van der Waals surface area contributed by atoms with Crippen LogP contribution in [-0.4, -0.2) is 0 Å². The average molecular weight is 346 g/mol. The first kappa shape index (κ1) is 12.6. The van der Waals surface area contributed by atoms with Gasteiger partial charge in [-0.3, -0.25) is 0 Å². The second-order valence-corrected chi connectivity index (χ2v) is 6.88. The molecule has 0 radical (unpaired) electrons. The van der Waals surface area contributed by atoms with Gasteiger partial charge in [-0.25, -0.2) is 0 Å². The molecule has 1 aromatic rings. The van der Waals surface area contributed by atoms with Crippen molar-refractivity contribution in [1.29, 1.82) is 0 Å². The molecule has 0 aliphatic heterocycles. The molecule has 1 saturated carbocycles. The van der Waals surface area contributed by atoms with Gasteiger partial charge in [-0.15, -0.1) is 0 Å². The van der Waals surface area contributed by atoms with E-state index in [1.807, 2.05) is 0 Å². The lowest BCUT2D eigenvalue weighted by molar-refractivity contribution is 0.287. The first-order chi connectivity index (χ1) is 7.66. The van der Waals surface area contributed by atoms with Crippen molar-refractivity contribution in [1.82, 2.24) is 0 Å². The third kappa shape index (κ3) is 3.10. The number of hydrogen-bond donors (Lipinski definition) is 0. The fraction of sp³-hybridized carbons (Fsp3) is 0.571. The average Bonchev–Trinajstić information content (AvgIpc) is 2.30. The normalized spacial score (nSPS) is 27.7. The number of benzene rings is 1. The Bertz CT molecular complexity index is 323. The number of hydrogen-bond acceptors (Lipinski definition) is 0. The number of rotatable bonds is 2. The minimum atomic E-state index is 0.535. The van der Waals surface area contributed by atoms with E-state index in [4.69, 9.17) is 0 Å². The van der Waals surface area contributed by atoms with Crippen molar-refractivity contribution in [2.75, 3.05) is 0 Å². The van der Waals surface area contributed by atoms with Crippen molar-refractivity contribution in [3.8, 4) is 0 Å². The van der Waals surface area contributed by atoms with Crippen LogP contribution in [0.1, 0.15) is 43.0 Å². The summed E-state index contributed by atoms with van der Waals surface area (Å²) in [6.07, 6.45) is 5.52. The summed E-state index contributed by atoms with van der Waals surface area (Å²) < 4.78 is 1.16. The summed E-state index contributed by atoms with van der Waals surface area (Å²) in [5, 5.41) is 0. The first-order valence-corrected chi connectivity index (χ1v) is 7.77. The zero-order valence-corrected chi connectivity index (χ0v) is 12.8. The van der Waals surface area contributed by atoms with Gasteiger partial charge in [-0.1, -0.05) is 63.8 Å². The molecule has 0 spiro atoms. The van der Waals surface area contributed by atoms with Gasteiger partial charge in [0.15, 0.2) is 0 Å². The Balaban J connectivity index is 2.01. The molecule has 16 heavy (non-hydrogen) atoms. The highest BCUT2D eigenvalue weighted by molar-refractivity contribution is 9.10. The maximum Gasteiger partial charge on any atom is 0.0423 e. The lowest BCUT2D eigenvalue weighted by Gasteiger charge is -2.30. The van der Waals surface area contributed by atoms with Crippen molar-refractivity contribution < 1.29 is 0 Å². The molecule has 2 rings (SSSR count). The molecule has 0 nitrogen and oxygen atoms in total. The monoisotopic (exact) mass is 344 g/mol. The van der Waals surface area contributed by atoms with Crippen LogP contribution in [0, 0.1) is 11.8 Å². The van der Waals surface area contributed by atoms with Gasteiger partial charge in [0.25, 0.3) is 0 Å². The van der Waals surface area contributed by atoms with Crippen LogP contribution in [0.3, 0.4) is 0 Å². The summed E-state index contributed by atoms with van der Waals surface area (Å²) in [7, 11) is 0. The summed E-state index contributed by atoms with van der Waals surface area (Å²) >= 11 is 7.36. The molecule has 1 unspecified atom stereocenters. The van der Waals surface area contributed by atoms with Gasteiger partial charge in [0, 0.05) is 9.30 Å². The predicted molar refractivity (Wildman–Crippen MR) is 76.9 cm³/mol. The molecule has 2 heteroatoms. The minimum Gasteiger partial charge on any atom is -0.0836 e. The zero-order valence-electron chi connectivity index (χ0n) is 9.63. The van der Waals surface area contributed by atoms with Crippen molar-refractivity contribution in [2.45, 2.75) is 37.4 Å². The number of halogens is 2. The Morgan fingerprint density at radius 1 is 1.06 bits per heavy atom. The molecule has 1 aromatic carbocycles. The summed E-state index contributed by atoms with van der Waals surface area (Å²) in [6.45, 7) is 2.37. The molecule has 0 bridgehead atoms. The van der Waals surface area contributed by atoms with E-state index in [9.17, 15) is 0 Å². The molecule has 0 heterocycles. The molecule has 0 amide bonds. The molecule has 0 N–H and O–H groups in total. The van der Waals surface area contributed by atoms with Gasteiger partial charge in [-0.2, -0.15) is 0 Å². The van der Waals surface area contributed by atoms with E-state index >= 15 is 0 Å². The van der Waals surface area contributed by atoms with Crippen molar-refractivity contribution >= 4 is 31.9 Å². The Morgan fingerprint density at radius 2 is 1.62 bits per heavy atom. The van der Waals surface area contributed by atoms with E-state index in [0.717, 1.165) is 16.3 Å². The molecule has 1 atom stereocenters. The molecule has 0 saturated heterocycles. The SMILES string of the molecule is CC1CCC(C(Br)c2ccc(Br)cc2)CC1. The van der Waals surface area contributed by atoms with Gasteiger partial charge >= 0.3 is 0 Å². The highest BCUT2D eigenvalue weighted by atomic mass is 79.9. The first-order valence-electron chi connectivity index (χ1n) is 6.06. The van der Waals surface area contributed by atoms with Crippen LogP contribution in [0.4, 0.5) is 0 Å². The van der Waals surface area contributed by atoms with Crippen LogP contribution in [0.2, 0.25) is 0 Å². The van der Waals surface area contributed by atoms with Crippen LogP contribution in [-0.2, 0) is 0 Å². The third-order valence-electron chi connectivity index (χ3n) is 3.66. The van der Waals surface area contributed by atoms with Crippen molar-refractivity contribution in [3.63, 3.8) is 0 Å². The van der Waals surface area contributed by atoms with E-state index in [0.29, 0.717) is 4.83 Å². The Labute approximate surface area is 115 Å². The molecular formula is C14H18Br2. The molecule has 1 fully saturated rings. The molecular weight excluding hydrogens is 328 g/mol. The molecule has 1 aliphatic carbocycles. The van der Waals surface area contributed by atoms with Gasteiger partial charge in [0.2, 0.25) is 0 Å². The van der Waals surface area contributed by atoms with Crippen LogP contribution >= 0.6 is 31.9 Å². The van der Waals surface area contributed by atoms with E-state index in [1.54, 1.807) is 0 Å². The summed E-state index contributed by atoms with van der Waals surface area (Å²) in [5.74, 6) is 1.75. The number of alkyl halides is 1. The van der Waals surface area contributed by atoms with E-state index < -0.39 is 0 Å². The Hall–Kier alpha value is 0.180. The second kappa shape index (κ2) is 5.68. The lowest BCUT2D eigenvalue weighted by Crippen LogP contribution is -2.16. The summed E-state index contributed by atoms with van der Waals surface area (Å²) in [4.78, 5) is 0.535. The maximum absolute atomic E-state index is 3.88. The molecule has 88 valence electrons. The topological polar surface area (TPSA) is 0 Å². The fourth-order valence-electron chi connectivity index (χ4n) is 2.50. The summed E-state index contributed by atoms with van der Waals surface area (Å²) in [5.41, 5.74) is 1.42. The van der Waals surface area contributed by atoms with Crippen LogP contribution < -0.4 is 0 Å². The van der Waals surface area contributed by atoms with Gasteiger partial charge < -0.3 is 0 Å². The maximum atomic E-state index is 3.88. The lowest BCUT2D eigenvalue weighted by atomic mass is 9.80.